The maximum absolute atomic E-state index is 12.4. The Labute approximate surface area is 153 Å². The highest BCUT2D eigenvalue weighted by Crippen LogP contribution is 2.31. The van der Waals surface area contributed by atoms with E-state index in [4.69, 9.17) is 33.7 Å². The molecule has 0 fully saturated rings. The Morgan fingerprint density at radius 1 is 1.20 bits per heavy atom. The lowest BCUT2D eigenvalue weighted by Crippen LogP contribution is -2.12. The molecule has 128 valence electrons. The molecule has 0 saturated carbocycles. The van der Waals surface area contributed by atoms with Gasteiger partial charge < -0.3 is 20.8 Å². The number of H-pyrrole nitrogens is 1. The third-order valence-corrected chi connectivity index (χ3v) is 3.90. The SMILES string of the molecule is COc1cc(-c2c[nH]c(N)n2)ccc1NC(=O)c1cc(Cl)cc(Cl)c1. The molecule has 0 spiro atoms. The fourth-order valence-electron chi connectivity index (χ4n) is 2.32. The van der Waals surface area contributed by atoms with E-state index in [0.29, 0.717) is 38.7 Å². The molecule has 0 bridgehead atoms. The van der Waals surface area contributed by atoms with Crippen LogP contribution in [-0.4, -0.2) is 23.0 Å². The van der Waals surface area contributed by atoms with Crippen LogP contribution in [0.15, 0.2) is 42.6 Å². The van der Waals surface area contributed by atoms with Gasteiger partial charge in [-0.1, -0.05) is 29.3 Å². The molecule has 0 radical (unpaired) electrons. The van der Waals surface area contributed by atoms with Gasteiger partial charge in [0.15, 0.2) is 5.95 Å². The monoisotopic (exact) mass is 376 g/mol. The van der Waals surface area contributed by atoms with Crippen LogP contribution in [0.25, 0.3) is 11.3 Å². The zero-order chi connectivity index (χ0) is 18.0. The Balaban J connectivity index is 1.88. The van der Waals surface area contributed by atoms with Crippen LogP contribution < -0.4 is 15.8 Å². The summed E-state index contributed by atoms with van der Waals surface area (Å²) in [4.78, 5) is 19.4. The highest BCUT2D eigenvalue weighted by Gasteiger charge is 2.13. The topological polar surface area (TPSA) is 93.0 Å². The van der Waals surface area contributed by atoms with Crippen molar-refractivity contribution in [2.45, 2.75) is 0 Å². The summed E-state index contributed by atoms with van der Waals surface area (Å²) in [5.74, 6) is 0.462. The number of halogens is 2. The number of anilines is 2. The Kier molecular flexibility index (Phi) is 4.83. The first kappa shape index (κ1) is 17.1. The molecular weight excluding hydrogens is 363 g/mol. The zero-order valence-electron chi connectivity index (χ0n) is 13.1. The van der Waals surface area contributed by atoms with Gasteiger partial charge in [0.2, 0.25) is 0 Å². The van der Waals surface area contributed by atoms with Crippen molar-refractivity contribution in [3.05, 3.63) is 58.2 Å². The van der Waals surface area contributed by atoms with Gasteiger partial charge in [0.25, 0.3) is 5.91 Å². The van der Waals surface area contributed by atoms with Crippen LogP contribution in [0.5, 0.6) is 5.75 Å². The molecule has 1 aromatic heterocycles. The van der Waals surface area contributed by atoms with Crippen LogP contribution >= 0.6 is 23.2 Å². The molecule has 3 aromatic rings. The normalized spacial score (nSPS) is 10.5. The van der Waals surface area contributed by atoms with E-state index >= 15 is 0 Å². The van der Waals surface area contributed by atoms with Gasteiger partial charge in [0.1, 0.15) is 5.75 Å². The number of aromatic amines is 1. The molecule has 1 amide bonds. The summed E-state index contributed by atoms with van der Waals surface area (Å²) >= 11 is 11.9. The van der Waals surface area contributed by atoms with Gasteiger partial charge in [-0.15, -0.1) is 0 Å². The van der Waals surface area contributed by atoms with Gasteiger partial charge in [-0.25, -0.2) is 4.98 Å². The number of benzene rings is 2. The minimum atomic E-state index is -0.348. The summed E-state index contributed by atoms with van der Waals surface area (Å²) in [6, 6.07) is 9.93. The fourth-order valence-corrected chi connectivity index (χ4v) is 2.84. The van der Waals surface area contributed by atoms with Crippen molar-refractivity contribution < 1.29 is 9.53 Å². The number of rotatable bonds is 4. The molecule has 6 nitrogen and oxygen atoms in total. The molecular formula is C17H14Cl2N4O2. The van der Waals surface area contributed by atoms with E-state index in [9.17, 15) is 4.79 Å². The van der Waals surface area contributed by atoms with E-state index in [1.165, 1.54) is 19.2 Å². The van der Waals surface area contributed by atoms with E-state index in [2.05, 4.69) is 15.3 Å². The fraction of sp³-hybridized carbons (Fsp3) is 0.0588. The third kappa shape index (κ3) is 3.87. The van der Waals surface area contributed by atoms with E-state index in [-0.39, 0.29) is 5.91 Å². The second-order valence-corrected chi connectivity index (χ2v) is 6.07. The lowest BCUT2D eigenvalue weighted by molar-refractivity contribution is 0.102. The Hall–Kier alpha value is -2.70. The number of nitrogens with zero attached hydrogens (tertiary/aromatic N) is 1. The number of hydrogen-bond acceptors (Lipinski definition) is 4. The van der Waals surface area contributed by atoms with Crippen molar-refractivity contribution >= 4 is 40.7 Å². The summed E-state index contributed by atoms with van der Waals surface area (Å²) in [5.41, 5.74) is 7.93. The first-order valence-corrected chi connectivity index (χ1v) is 7.98. The lowest BCUT2D eigenvalue weighted by Gasteiger charge is -2.12. The van der Waals surface area contributed by atoms with Crippen LogP contribution in [-0.2, 0) is 0 Å². The number of nitrogen functional groups attached to an aromatic ring is 1. The number of carbonyl (C=O) groups excluding carboxylic acids is 1. The Bertz CT molecular complexity index is 920. The third-order valence-electron chi connectivity index (χ3n) is 3.47. The Morgan fingerprint density at radius 3 is 2.52 bits per heavy atom. The highest BCUT2D eigenvalue weighted by molar-refractivity contribution is 6.35. The maximum atomic E-state index is 12.4. The average Bonchev–Trinajstić information content (AvgIpc) is 3.00. The van der Waals surface area contributed by atoms with Crippen LogP contribution in [0.3, 0.4) is 0 Å². The van der Waals surface area contributed by atoms with Crippen LogP contribution in [0, 0.1) is 0 Å². The molecule has 0 aliphatic heterocycles. The quantitative estimate of drug-likeness (QED) is 0.635. The largest absolute Gasteiger partial charge is 0.495 e. The van der Waals surface area contributed by atoms with Crippen molar-refractivity contribution in [1.29, 1.82) is 0 Å². The van der Waals surface area contributed by atoms with E-state index in [1.54, 1.807) is 30.5 Å². The average molecular weight is 377 g/mol. The second-order valence-electron chi connectivity index (χ2n) is 5.20. The standard InChI is InChI=1S/C17H14Cl2N4O2/c1-25-15-6-9(14-8-21-17(20)23-14)2-3-13(15)22-16(24)10-4-11(18)7-12(19)5-10/h2-8H,1H3,(H,22,24)(H3,20,21,23). The number of aromatic nitrogens is 2. The molecule has 0 aliphatic rings. The van der Waals surface area contributed by atoms with Gasteiger partial charge in [-0.05, 0) is 30.3 Å². The first-order chi connectivity index (χ1) is 12.0. The minimum Gasteiger partial charge on any atom is -0.495 e. The van der Waals surface area contributed by atoms with Crippen molar-refractivity contribution in [3.8, 4) is 17.0 Å². The first-order valence-electron chi connectivity index (χ1n) is 7.23. The van der Waals surface area contributed by atoms with Crippen LogP contribution in [0.2, 0.25) is 10.0 Å². The molecule has 0 saturated heterocycles. The maximum Gasteiger partial charge on any atom is 0.255 e. The molecule has 8 heteroatoms. The predicted octanol–water partition coefficient (Wildman–Crippen LogP) is 4.23. The number of carbonyl (C=O) groups is 1. The van der Waals surface area contributed by atoms with Crippen molar-refractivity contribution in [1.82, 2.24) is 9.97 Å². The molecule has 1 heterocycles. The second kappa shape index (κ2) is 7.04. The molecule has 0 unspecified atom stereocenters. The number of nitrogens with two attached hydrogens (primary N) is 1. The number of methoxy groups -OCH3 is 1. The highest BCUT2D eigenvalue weighted by atomic mass is 35.5. The summed E-state index contributed by atoms with van der Waals surface area (Å²) < 4.78 is 5.36. The number of ether oxygens (including phenoxy) is 1. The smallest absolute Gasteiger partial charge is 0.255 e. The van der Waals surface area contributed by atoms with E-state index in [0.717, 1.165) is 5.56 Å². The summed E-state index contributed by atoms with van der Waals surface area (Å²) in [6.45, 7) is 0. The van der Waals surface area contributed by atoms with Gasteiger partial charge in [-0.3, -0.25) is 4.79 Å². The molecule has 3 rings (SSSR count). The number of imidazole rings is 1. The molecule has 0 aliphatic carbocycles. The summed E-state index contributed by atoms with van der Waals surface area (Å²) in [6.07, 6.45) is 1.69. The van der Waals surface area contributed by atoms with Gasteiger partial charge in [0.05, 0.1) is 18.5 Å². The lowest BCUT2D eigenvalue weighted by atomic mass is 10.1. The number of amides is 1. The van der Waals surface area contributed by atoms with E-state index in [1.807, 2.05) is 0 Å². The van der Waals surface area contributed by atoms with Crippen molar-refractivity contribution in [3.63, 3.8) is 0 Å². The van der Waals surface area contributed by atoms with Crippen molar-refractivity contribution in [2.75, 3.05) is 18.2 Å². The van der Waals surface area contributed by atoms with E-state index < -0.39 is 0 Å². The van der Waals surface area contributed by atoms with Gasteiger partial charge in [0, 0.05) is 27.4 Å². The van der Waals surface area contributed by atoms with Gasteiger partial charge >= 0.3 is 0 Å². The number of nitrogens with one attached hydrogen (secondary N) is 2. The molecule has 25 heavy (non-hydrogen) atoms. The van der Waals surface area contributed by atoms with Crippen molar-refractivity contribution in [2.24, 2.45) is 0 Å². The molecule has 2 aromatic carbocycles. The molecule has 0 atom stereocenters. The predicted molar refractivity (Wildman–Crippen MR) is 99.4 cm³/mol. The zero-order valence-corrected chi connectivity index (χ0v) is 14.7. The van der Waals surface area contributed by atoms with Gasteiger partial charge in [-0.2, -0.15) is 0 Å². The summed E-state index contributed by atoms with van der Waals surface area (Å²) in [5, 5.41) is 3.55. The Morgan fingerprint density at radius 2 is 1.92 bits per heavy atom. The molecule has 4 N–H and O–H groups in total. The van der Waals surface area contributed by atoms with Crippen LogP contribution in [0.4, 0.5) is 11.6 Å². The number of hydrogen-bond donors (Lipinski definition) is 3. The minimum absolute atomic E-state index is 0.323. The summed E-state index contributed by atoms with van der Waals surface area (Å²) in [7, 11) is 1.52. The van der Waals surface area contributed by atoms with Crippen LogP contribution in [0.1, 0.15) is 10.4 Å².